The maximum atomic E-state index is 12.2. The van der Waals surface area contributed by atoms with Gasteiger partial charge in [0.1, 0.15) is 0 Å². The molecule has 0 aliphatic carbocycles. The van der Waals surface area contributed by atoms with Gasteiger partial charge in [-0.2, -0.15) is 0 Å². The van der Waals surface area contributed by atoms with Crippen LogP contribution in [-0.4, -0.2) is 41.4 Å². The Hall–Kier alpha value is 0.0700. The Morgan fingerprint density at radius 2 is 2.22 bits per heavy atom. The third-order valence-electron chi connectivity index (χ3n) is 3.58. The van der Waals surface area contributed by atoms with E-state index in [9.17, 15) is 4.79 Å². The maximum Gasteiger partial charge on any atom is 0.235 e. The molecule has 108 valence electrons. The Labute approximate surface area is 122 Å². The number of nitrogens with two attached hydrogens (primary N) is 1. The van der Waals surface area contributed by atoms with Crippen molar-refractivity contribution in [2.24, 2.45) is 11.1 Å². The molecule has 1 fully saturated rings. The Bertz CT molecular complexity index is 265. The van der Waals surface area contributed by atoms with Gasteiger partial charge in [0.2, 0.25) is 5.91 Å². The Morgan fingerprint density at radius 3 is 2.72 bits per heavy atom. The molecule has 2 atom stereocenters. The van der Waals surface area contributed by atoms with Crippen LogP contribution in [-0.2, 0) is 4.79 Å². The molecule has 0 aromatic heterocycles. The molecule has 0 spiro atoms. The Balaban J connectivity index is 0.00000289. The van der Waals surface area contributed by atoms with Crippen LogP contribution in [0.2, 0.25) is 0 Å². The molecule has 1 heterocycles. The molecule has 5 heteroatoms. The summed E-state index contributed by atoms with van der Waals surface area (Å²) in [6.45, 7) is 8.77. The van der Waals surface area contributed by atoms with Crippen molar-refractivity contribution in [2.45, 2.75) is 45.3 Å². The first kappa shape index (κ1) is 18.1. The van der Waals surface area contributed by atoms with Crippen LogP contribution < -0.4 is 5.73 Å². The van der Waals surface area contributed by atoms with Crippen LogP contribution in [0.15, 0.2) is 0 Å². The zero-order valence-electron chi connectivity index (χ0n) is 11.8. The number of unbranched alkanes of at least 4 members (excludes halogenated alkanes) is 1. The maximum absolute atomic E-state index is 12.2. The van der Waals surface area contributed by atoms with E-state index in [-0.39, 0.29) is 23.1 Å². The zero-order valence-corrected chi connectivity index (χ0v) is 13.4. The van der Waals surface area contributed by atoms with Gasteiger partial charge in [-0.1, -0.05) is 20.3 Å². The second kappa shape index (κ2) is 8.28. The zero-order chi connectivity index (χ0) is 12.9. The van der Waals surface area contributed by atoms with Gasteiger partial charge in [0.25, 0.3) is 0 Å². The quantitative estimate of drug-likeness (QED) is 0.766. The molecular formula is C13H27ClN2OS. The lowest BCUT2D eigenvalue weighted by atomic mass is 9.90. The van der Waals surface area contributed by atoms with E-state index in [1.165, 1.54) is 12.8 Å². The van der Waals surface area contributed by atoms with Gasteiger partial charge in [-0.05, 0) is 37.5 Å². The lowest BCUT2D eigenvalue weighted by molar-refractivity contribution is -0.129. The predicted molar refractivity (Wildman–Crippen MR) is 82.4 cm³/mol. The normalized spacial score (nSPS) is 24.8. The highest BCUT2D eigenvalue weighted by Gasteiger charge is 2.36. The average Bonchev–Trinajstić information content (AvgIpc) is 2.72. The number of halogens is 1. The molecule has 18 heavy (non-hydrogen) atoms. The number of amides is 1. The van der Waals surface area contributed by atoms with Crippen molar-refractivity contribution in [3.8, 4) is 0 Å². The first-order valence-corrected chi connectivity index (χ1v) is 7.68. The molecule has 1 amide bonds. The standard InChI is InChI=1S/C13H26N2OS.ClH/c1-4-5-8-17-11(2)12(16)15-7-6-13(3,9-14)10-15;/h11H,4-10,14H2,1-3H3;1H. The van der Waals surface area contributed by atoms with Gasteiger partial charge in [0, 0.05) is 13.1 Å². The van der Waals surface area contributed by atoms with E-state index < -0.39 is 0 Å². The van der Waals surface area contributed by atoms with Crippen molar-refractivity contribution in [3.63, 3.8) is 0 Å². The van der Waals surface area contributed by atoms with Gasteiger partial charge < -0.3 is 10.6 Å². The third-order valence-corrected chi connectivity index (χ3v) is 4.80. The van der Waals surface area contributed by atoms with Gasteiger partial charge >= 0.3 is 0 Å². The minimum absolute atomic E-state index is 0. The highest BCUT2D eigenvalue weighted by Crippen LogP contribution is 2.30. The second-order valence-electron chi connectivity index (χ2n) is 5.39. The van der Waals surface area contributed by atoms with Gasteiger partial charge in [0.15, 0.2) is 0 Å². The fourth-order valence-electron chi connectivity index (χ4n) is 2.11. The summed E-state index contributed by atoms with van der Waals surface area (Å²) in [6, 6.07) is 0. The number of carbonyl (C=O) groups excluding carboxylic acids is 1. The van der Waals surface area contributed by atoms with E-state index in [0.29, 0.717) is 12.5 Å². The molecule has 2 N–H and O–H groups in total. The first-order chi connectivity index (χ1) is 8.02. The van der Waals surface area contributed by atoms with Crippen LogP contribution in [0.4, 0.5) is 0 Å². The smallest absolute Gasteiger partial charge is 0.235 e. The number of thioether (sulfide) groups is 1. The molecule has 1 aliphatic heterocycles. The fourth-order valence-corrected chi connectivity index (χ4v) is 3.21. The Kier molecular flexibility index (Phi) is 8.31. The number of rotatable bonds is 6. The van der Waals surface area contributed by atoms with E-state index >= 15 is 0 Å². The number of hydrogen-bond acceptors (Lipinski definition) is 3. The van der Waals surface area contributed by atoms with Gasteiger partial charge in [0.05, 0.1) is 5.25 Å². The highest BCUT2D eigenvalue weighted by molar-refractivity contribution is 8.00. The van der Waals surface area contributed by atoms with E-state index in [2.05, 4.69) is 13.8 Å². The summed E-state index contributed by atoms with van der Waals surface area (Å²) in [4.78, 5) is 14.2. The van der Waals surface area contributed by atoms with Crippen LogP contribution in [0.25, 0.3) is 0 Å². The summed E-state index contributed by atoms with van der Waals surface area (Å²) in [7, 11) is 0. The fraction of sp³-hybridized carbons (Fsp3) is 0.923. The monoisotopic (exact) mass is 294 g/mol. The summed E-state index contributed by atoms with van der Waals surface area (Å²) in [5.41, 5.74) is 5.90. The number of carbonyl (C=O) groups is 1. The molecule has 0 aromatic carbocycles. The first-order valence-electron chi connectivity index (χ1n) is 6.63. The molecule has 0 aromatic rings. The summed E-state index contributed by atoms with van der Waals surface area (Å²) < 4.78 is 0. The summed E-state index contributed by atoms with van der Waals surface area (Å²) >= 11 is 1.78. The largest absolute Gasteiger partial charge is 0.341 e. The predicted octanol–water partition coefficient (Wildman–Crippen LogP) is 2.53. The summed E-state index contributed by atoms with van der Waals surface area (Å²) in [6.07, 6.45) is 3.44. The molecule has 1 aliphatic rings. The van der Waals surface area contributed by atoms with Crippen molar-refractivity contribution < 1.29 is 4.79 Å². The molecule has 1 rings (SSSR count). The lowest BCUT2D eigenvalue weighted by Gasteiger charge is -2.24. The number of hydrogen-bond donors (Lipinski definition) is 1. The molecule has 0 bridgehead atoms. The van der Waals surface area contributed by atoms with Crippen LogP contribution in [0.5, 0.6) is 0 Å². The molecule has 0 saturated carbocycles. The Morgan fingerprint density at radius 1 is 1.56 bits per heavy atom. The lowest BCUT2D eigenvalue weighted by Crippen LogP contribution is -2.38. The van der Waals surface area contributed by atoms with Crippen LogP contribution in [0, 0.1) is 5.41 Å². The molecule has 3 nitrogen and oxygen atoms in total. The topological polar surface area (TPSA) is 46.3 Å². The van der Waals surface area contributed by atoms with Crippen LogP contribution >= 0.6 is 24.2 Å². The minimum Gasteiger partial charge on any atom is -0.341 e. The SMILES string of the molecule is CCCCSC(C)C(=O)N1CCC(C)(CN)C1.Cl. The van der Waals surface area contributed by atoms with Crippen molar-refractivity contribution in [1.82, 2.24) is 4.90 Å². The number of nitrogens with zero attached hydrogens (tertiary/aromatic N) is 1. The van der Waals surface area contributed by atoms with Crippen molar-refractivity contribution in [1.29, 1.82) is 0 Å². The van der Waals surface area contributed by atoms with E-state index in [1.807, 2.05) is 11.8 Å². The van der Waals surface area contributed by atoms with E-state index in [4.69, 9.17) is 5.73 Å². The van der Waals surface area contributed by atoms with Gasteiger partial charge in [-0.15, -0.1) is 24.2 Å². The molecule has 1 saturated heterocycles. The molecule has 2 unspecified atom stereocenters. The average molecular weight is 295 g/mol. The van der Waals surface area contributed by atoms with Crippen LogP contribution in [0.3, 0.4) is 0 Å². The summed E-state index contributed by atoms with van der Waals surface area (Å²) in [5, 5.41) is 0.0988. The van der Waals surface area contributed by atoms with Crippen LogP contribution in [0.1, 0.15) is 40.0 Å². The number of likely N-dealkylation sites (tertiary alicyclic amines) is 1. The van der Waals surface area contributed by atoms with Gasteiger partial charge in [-0.3, -0.25) is 4.79 Å². The van der Waals surface area contributed by atoms with Gasteiger partial charge in [-0.25, -0.2) is 0 Å². The highest BCUT2D eigenvalue weighted by atomic mass is 35.5. The molecule has 0 radical (unpaired) electrons. The third kappa shape index (κ3) is 4.98. The van der Waals surface area contributed by atoms with E-state index in [1.54, 1.807) is 11.8 Å². The summed E-state index contributed by atoms with van der Waals surface area (Å²) in [5.74, 6) is 1.38. The van der Waals surface area contributed by atoms with Crippen molar-refractivity contribution in [3.05, 3.63) is 0 Å². The minimum atomic E-state index is 0. The van der Waals surface area contributed by atoms with Crippen molar-refractivity contribution in [2.75, 3.05) is 25.4 Å². The van der Waals surface area contributed by atoms with E-state index in [0.717, 1.165) is 25.3 Å². The second-order valence-corrected chi connectivity index (χ2v) is 6.84. The van der Waals surface area contributed by atoms with Crippen molar-refractivity contribution >= 4 is 30.1 Å². The molecular weight excluding hydrogens is 268 g/mol.